The highest BCUT2D eigenvalue weighted by atomic mass is 35.5. The van der Waals surface area contributed by atoms with Gasteiger partial charge in [-0.1, -0.05) is 23.7 Å². The number of amides is 1. The number of carbonyl (C=O) groups is 1. The van der Waals surface area contributed by atoms with Crippen molar-refractivity contribution in [3.8, 4) is 11.5 Å². The smallest absolute Gasteiger partial charge is 0.275 e. The number of hydrogen-bond donors (Lipinski definition) is 1. The third kappa shape index (κ3) is 5.36. The minimum Gasteiger partial charge on any atom is -0.457 e. The van der Waals surface area contributed by atoms with E-state index in [1.54, 1.807) is 23.9 Å². The minimum atomic E-state index is -0.528. The Labute approximate surface area is 178 Å². The Bertz CT molecular complexity index is 1090. The lowest BCUT2D eigenvalue weighted by Gasteiger charge is -2.12. The number of carbonyl (C=O) groups excluding carboxylic acids is 1. The number of nitrogens with one attached hydrogen (secondary N) is 1. The first-order chi connectivity index (χ1) is 14.2. The van der Waals surface area contributed by atoms with Crippen molar-refractivity contribution in [3.63, 3.8) is 0 Å². The van der Waals surface area contributed by atoms with Gasteiger partial charge in [0.1, 0.15) is 11.5 Å². The van der Waals surface area contributed by atoms with E-state index in [4.69, 9.17) is 16.3 Å². The molecule has 0 spiro atoms. The molecule has 3 aromatic rings. The molecule has 2 aromatic carbocycles. The molecule has 1 N–H and O–H groups in total. The van der Waals surface area contributed by atoms with E-state index in [1.165, 1.54) is 12.1 Å². The van der Waals surface area contributed by atoms with E-state index in [0.29, 0.717) is 23.0 Å². The molecule has 1 aromatic heterocycles. The predicted octanol–water partition coefficient (Wildman–Crippen LogP) is 5.19. The normalized spacial score (nSPS) is 10.7. The quantitative estimate of drug-likeness (QED) is 0.412. The van der Waals surface area contributed by atoms with Crippen molar-refractivity contribution in [3.05, 3.63) is 74.6 Å². The van der Waals surface area contributed by atoms with Gasteiger partial charge in [0.05, 0.1) is 27.4 Å². The minimum absolute atomic E-state index is 0.132. The van der Waals surface area contributed by atoms with Crippen LogP contribution in [0.4, 0.5) is 11.4 Å². The molecule has 0 aliphatic heterocycles. The van der Waals surface area contributed by atoms with Gasteiger partial charge in [0.2, 0.25) is 5.91 Å². The van der Waals surface area contributed by atoms with Crippen LogP contribution in [0.2, 0.25) is 5.02 Å². The molecule has 0 unspecified atom stereocenters. The van der Waals surface area contributed by atoms with Gasteiger partial charge < -0.3 is 10.1 Å². The number of nitrogens with zero attached hydrogens (tertiary/aromatic N) is 3. The van der Waals surface area contributed by atoms with Crippen LogP contribution in [-0.4, -0.2) is 20.6 Å². The second-order valence-electron chi connectivity index (χ2n) is 6.97. The van der Waals surface area contributed by atoms with Crippen LogP contribution in [0.3, 0.4) is 0 Å². The maximum atomic E-state index is 12.3. The van der Waals surface area contributed by atoms with E-state index >= 15 is 0 Å². The fourth-order valence-corrected chi connectivity index (χ4v) is 2.96. The fourth-order valence-electron chi connectivity index (χ4n) is 2.81. The second-order valence-corrected chi connectivity index (χ2v) is 7.37. The molecule has 0 atom stereocenters. The van der Waals surface area contributed by atoms with Crippen molar-refractivity contribution in [2.45, 2.75) is 33.7 Å². The number of rotatable bonds is 7. The Kier molecular flexibility index (Phi) is 6.37. The largest absolute Gasteiger partial charge is 0.457 e. The van der Waals surface area contributed by atoms with Crippen molar-refractivity contribution < 1.29 is 14.5 Å². The molecule has 156 valence electrons. The zero-order valence-corrected chi connectivity index (χ0v) is 17.6. The molecule has 1 heterocycles. The van der Waals surface area contributed by atoms with Crippen LogP contribution in [-0.2, 0) is 11.3 Å². The summed E-state index contributed by atoms with van der Waals surface area (Å²) in [7, 11) is 0. The zero-order valence-electron chi connectivity index (χ0n) is 16.8. The van der Waals surface area contributed by atoms with Crippen LogP contribution in [0.25, 0.3) is 0 Å². The summed E-state index contributed by atoms with van der Waals surface area (Å²) < 4.78 is 7.45. The van der Waals surface area contributed by atoms with Crippen molar-refractivity contribution >= 4 is 28.9 Å². The molecular weight excluding hydrogens is 408 g/mol. The Balaban J connectivity index is 1.75. The van der Waals surface area contributed by atoms with E-state index in [0.717, 1.165) is 11.1 Å². The number of ether oxygens (including phenoxy) is 1. The van der Waals surface area contributed by atoms with Gasteiger partial charge >= 0.3 is 0 Å². The van der Waals surface area contributed by atoms with Crippen LogP contribution >= 0.6 is 11.6 Å². The molecule has 0 saturated heterocycles. The summed E-state index contributed by atoms with van der Waals surface area (Å²) in [6.07, 6.45) is 1.78. The van der Waals surface area contributed by atoms with E-state index in [1.807, 2.05) is 32.0 Å². The Morgan fingerprint density at radius 1 is 1.23 bits per heavy atom. The molecular formula is C21H21ClN4O4. The van der Waals surface area contributed by atoms with Gasteiger partial charge in [-0.2, -0.15) is 5.10 Å². The van der Waals surface area contributed by atoms with E-state index < -0.39 is 4.92 Å². The summed E-state index contributed by atoms with van der Waals surface area (Å²) >= 11 is 5.96. The average molecular weight is 429 g/mol. The van der Waals surface area contributed by atoms with Gasteiger partial charge in [-0.15, -0.1) is 0 Å². The number of nitro benzene ring substituents is 1. The summed E-state index contributed by atoms with van der Waals surface area (Å²) in [5.41, 5.74) is 2.69. The summed E-state index contributed by atoms with van der Waals surface area (Å²) in [4.78, 5) is 23.1. The van der Waals surface area contributed by atoms with Crippen LogP contribution in [0.1, 0.15) is 23.2 Å². The molecule has 0 saturated carbocycles. The number of nitro groups is 1. The molecule has 0 bridgehead atoms. The van der Waals surface area contributed by atoms with Crippen molar-refractivity contribution in [1.82, 2.24) is 9.78 Å². The third-order valence-corrected chi connectivity index (χ3v) is 4.78. The van der Waals surface area contributed by atoms with Gasteiger partial charge in [0, 0.05) is 31.3 Å². The van der Waals surface area contributed by atoms with Crippen LogP contribution in [0, 0.1) is 30.9 Å². The standard InChI is InChI=1S/C21H21ClN4O4/c1-13-4-5-14(2)20(8-13)30-18-10-16(9-17(11-18)26(28)29)23-21(27)6-7-25-12-19(22)15(3)24-25/h4-5,8-12H,6-7H2,1-3H3,(H,23,27). The number of hydrogen-bond acceptors (Lipinski definition) is 5. The van der Waals surface area contributed by atoms with Gasteiger partial charge in [0.15, 0.2) is 0 Å². The maximum absolute atomic E-state index is 12.3. The first kappa shape index (κ1) is 21.3. The molecule has 30 heavy (non-hydrogen) atoms. The predicted molar refractivity (Wildman–Crippen MR) is 114 cm³/mol. The number of aryl methyl sites for hydroxylation is 4. The SMILES string of the molecule is Cc1ccc(C)c(Oc2cc(NC(=O)CCn3cc(Cl)c(C)n3)cc([N+](=O)[O-])c2)c1. The number of aromatic nitrogens is 2. The lowest BCUT2D eigenvalue weighted by atomic mass is 10.1. The molecule has 9 heteroatoms. The average Bonchev–Trinajstić information content (AvgIpc) is 3.00. The number of non-ortho nitro benzene ring substituents is 1. The Morgan fingerprint density at radius 3 is 2.67 bits per heavy atom. The van der Waals surface area contributed by atoms with E-state index in [2.05, 4.69) is 10.4 Å². The molecule has 3 rings (SSSR count). The number of benzene rings is 2. The lowest BCUT2D eigenvalue weighted by Crippen LogP contribution is -2.15. The number of halogens is 1. The van der Waals surface area contributed by atoms with Crippen LogP contribution in [0.5, 0.6) is 11.5 Å². The highest BCUT2D eigenvalue weighted by Gasteiger charge is 2.14. The first-order valence-corrected chi connectivity index (χ1v) is 9.63. The zero-order chi connectivity index (χ0) is 21.8. The van der Waals surface area contributed by atoms with Crippen LogP contribution in [0.15, 0.2) is 42.6 Å². The van der Waals surface area contributed by atoms with Crippen molar-refractivity contribution in [2.24, 2.45) is 0 Å². The summed E-state index contributed by atoms with van der Waals surface area (Å²) in [6.45, 7) is 5.93. The maximum Gasteiger partial charge on any atom is 0.275 e. The van der Waals surface area contributed by atoms with Gasteiger partial charge in [-0.05, 0) is 38.0 Å². The molecule has 0 aliphatic carbocycles. The highest BCUT2D eigenvalue weighted by Crippen LogP contribution is 2.31. The summed E-state index contributed by atoms with van der Waals surface area (Å²) in [6, 6.07) is 9.89. The lowest BCUT2D eigenvalue weighted by molar-refractivity contribution is -0.384. The van der Waals surface area contributed by atoms with Crippen LogP contribution < -0.4 is 10.1 Å². The summed E-state index contributed by atoms with van der Waals surface area (Å²) in [5, 5.41) is 18.7. The van der Waals surface area contributed by atoms with Crippen molar-refractivity contribution in [1.29, 1.82) is 0 Å². The highest BCUT2D eigenvalue weighted by molar-refractivity contribution is 6.31. The van der Waals surface area contributed by atoms with E-state index in [-0.39, 0.29) is 29.5 Å². The van der Waals surface area contributed by atoms with Gasteiger partial charge in [-0.3, -0.25) is 19.6 Å². The molecule has 1 amide bonds. The Morgan fingerprint density at radius 2 is 2.00 bits per heavy atom. The third-order valence-electron chi connectivity index (χ3n) is 4.41. The topological polar surface area (TPSA) is 99.3 Å². The second kappa shape index (κ2) is 8.96. The fraction of sp³-hybridized carbons (Fsp3) is 0.238. The molecule has 0 fully saturated rings. The molecule has 0 radical (unpaired) electrons. The van der Waals surface area contributed by atoms with Gasteiger partial charge in [-0.25, -0.2) is 0 Å². The first-order valence-electron chi connectivity index (χ1n) is 9.25. The Hall–Kier alpha value is -3.39. The monoisotopic (exact) mass is 428 g/mol. The van der Waals surface area contributed by atoms with Crippen molar-refractivity contribution in [2.75, 3.05) is 5.32 Å². The van der Waals surface area contributed by atoms with Gasteiger partial charge in [0.25, 0.3) is 5.69 Å². The molecule has 0 aliphatic rings. The molecule has 8 nitrogen and oxygen atoms in total. The van der Waals surface area contributed by atoms with E-state index in [9.17, 15) is 14.9 Å². The number of anilines is 1. The summed E-state index contributed by atoms with van der Waals surface area (Å²) in [5.74, 6) is 0.554.